The Hall–Kier alpha value is -2.69. The van der Waals surface area contributed by atoms with Crippen LogP contribution in [0.1, 0.15) is 62.5 Å². The van der Waals surface area contributed by atoms with Crippen LogP contribution in [0, 0.1) is 18.3 Å². The second-order valence-corrected chi connectivity index (χ2v) is 7.58. The van der Waals surface area contributed by atoms with Crippen LogP contribution in [0.3, 0.4) is 0 Å². The van der Waals surface area contributed by atoms with E-state index in [1.54, 1.807) is 11.8 Å². The van der Waals surface area contributed by atoms with Gasteiger partial charge in [0, 0.05) is 30.8 Å². The van der Waals surface area contributed by atoms with E-state index in [1.165, 1.54) is 13.3 Å². The normalized spacial score (nSPS) is 16.4. The summed E-state index contributed by atoms with van der Waals surface area (Å²) in [7, 11) is 1.25. The zero-order valence-corrected chi connectivity index (χ0v) is 16.5. The Morgan fingerprint density at radius 2 is 1.96 bits per heavy atom. The lowest BCUT2D eigenvalue weighted by atomic mass is 9.87. The molecule has 0 saturated carbocycles. The van der Waals surface area contributed by atoms with E-state index < -0.39 is 17.5 Å². The van der Waals surface area contributed by atoms with Crippen molar-refractivity contribution in [2.75, 3.05) is 20.2 Å². The van der Waals surface area contributed by atoms with E-state index in [0.29, 0.717) is 43.0 Å². The van der Waals surface area contributed by atoms with Gasteiger partial charge in [-0.3, -0.25) is 4.79 Å². The maximum atomic E-state index is 12.2. The van der Waals surface area contributed by atoms with E-state index in [4.69, 9.17) is 9.47 Å². The molecule has 1 aromatic heterocycles. The monoisotopic (exact) mass is 374 g/mol. The topological polar surface area (TPSA) is 105 Å². The summed E-state index contributed by atoms with van der Waals surface area (Å²) in [4.78, 5) is 34.5. The molecule has 1 atom stereocenters. The van der Waals surface area contributed by atoms with E-state index in [-0.39, 0.29) is 12.0 Å². The van der Waals surface area contributed by atoms with Crippen molar-refractivity contribution in [3.63, 3.8) is 0 Å². The SMILES string of the molecule is COC(=O)C(C#N)c1cnc(C)nc1C1CCN(C(=O)OC(C)(C)C)CC1. The first-order valence-corrected chi connectivity index (χ1v) is 8.95. The van der Waals surface area contributed by atoms with Gasteiger partial charge in [0.2, 0.25) is 0 Å². The van der Waals surface area contributed by atoms with Gasteiger partial charge in [0.25, 0.3) is 0 Å². The number of aromatic nitrogens is 2. The van der Waals surface area contributed by atoms with Gasteiger partial charge in [-0.25, -0.2) is 14.8 Å². The van der Waals surface area contributed by atoms with Crippen molar-refractivity contribution < 1.29 is 19.1 Å². The molecule has 146 valence electrons. The first-order valence-electron chi connectivity index (χ1n) is 8.95. The summed E-state index contributed by atoms with van der Waals surface area (Å²) in [6.45, 7) is 8.32. The van der Waals surface area contributed by atoms with Gasteiger partial charge in [0.15, 0.2) is 5.92 Å². The molecule has 8 heteroatoms. The molecule has 1 saturated heterocycles. The zero-order valence-electron chi connectivity index (χ0n) is 16.5. The highest BCUT2D eigenvalue weighted by Gasteiger charge is 2.32. The lowest BCUT2D eigenvalue weighted by molar-refractivity contribution is -0.141. The minimum atomic E-state index is -1.06. The number of nitrogens with zero attached hydrogens (tertiary/aromatic N) is 4. The van der Waals surface area contributed by atoms with Crippen LogP contribution >= 0.6 is 0 Å². The molecular formula is C19H26N4O4. The van der Waals surface area contributed by atoms with Crippen molar-refractivity contribution in [3.8, 4) is 6.07 Å². The number of ether oxygens (including phenoxy) is 2. The fourth-order valence-corrected chi connectivity index (χ4v) is 3.08. The van der Waals surface area contributed by atoms with Gasteiger partial charge < -0.3 is 14.4 Å². The maximum absolute atomic E-state index is 12.2. The third-order valence-electron chi connectivity index (χ3n) is 4.38. The number of methoxy groups -OCH3 is 1. The van der Waals surface area contributed by atoms with Crippen LogP contribution < -0.4 is 0 Å². The molecule has 1 aliphatic rings. The number of hydrogen-bond donors (Lipinski definition) is 0. The lowest BCUT2D eigenvalue weighted by Gasteiger charge is -2.34. The number of nitriles is 1. The minimum Gasteiger partial charge on any atom is -0.468 e. The van der Waals surface area contributed by atoms with Crippen LogP contribution in [-0.4, -0.2) is 52.7 Å². The van der Waals surface area contributed by atoms with Crippen LogP contribution in [0.5, 0.6) is 0 Å². The average molecular weight is 374 g/mol. The number of aryl methyl sites for hydroxylation is 1. The first kappa shape index (κ1) is 20.6. The highest BCUT2D eigenvalue weighted by Crippen LogP contribution is 2.33. The number of amides is 1. The average Bonchev–Trinajstić information content (AvgIpc) is 2.62. The summed E-state index contributed by atoms with van der Waals surface area (Å²) in [5.41, 5.74) is 0.625. The largest absolute Gasteiger partial charge is 0.468 e. The number of carbonyl (C=O) groups is 2. The molecule has 0 N–H and O–H groups in total. The minimum absolute atomic E-state index is 0.0286. The number of carbonyl (C=O) groups excluding carboxylic acids is 2. The third kappa shape index (κ3) is 5.16. The standard InChI is InChI=1S/C19H26N4O4/c1-12-21-11-15(14(10-20)17(24)26-5)16(22-12)13-6-8-23(9-7-13)18(25)27-19(2,3)4/h11,13-14H,6-9H2,1-5H3. The molecule has 1 aliphatic heterocycles. The molecule has 0 bridgehead atoms. The molecule has 0 spiro atoms. The smallest absolute Gasteiger partial charge is 0.410 e. The maximum Gasteiger partial charge on any atom is 0.410 e. The van der Waals surface area contributed by atoms with Crippen LogP contribution in [0.15, 0.2) is 6.20 Å². The van der Waals surface area contributed by atoms with Crippen molar-refractivity contribution in [3.05, 3.63) is 23.3 Å². The van der Waals surface area contributed by atoms with E-state index in [1.807, 2.05) is 26.8 Å². The first-order chi connectivity index (χ1) is 12.7. The molecular weight excluding hydrogens is 348 g/mol. The van der Waals surface area contributed by atoms with Crippen molar-refractivity contribution in [2.24, 2.45) is 0 Å². The Morgan fingerprint density at radius 3 is 2.48 bits per heavy atom. The summed E-state index contributed by atoms with van der Waals surface area (Å²) >= 11 is 0. The lowest BCUT2D eigenvalue weighted by Crippen LogP contribution is -2.41. The highest BCUT2D eigenvalue weighted by molar-refractivity contribution is 5.81. The van der Waals surface area contributed by atoms with E-state index in [0.717, 1.165) is 0 Å². The van der Waals surface area contributed by atoms with Gasteiger partial charge in [-0.2, -0.15) is 5.26 Å². The molecule has 2 heterocycles. The quantitative estimate of drug-likeness (QED) is 0.749. The third-order valence-corrected chi connectivity index (χ3v) is 4.38. The zero-order chi connectivity index (χ0) is 20.2. The fourth-order valence-electron chi connectivity index (χ4n) is 3.08. The Labute approximate surface area is 159 Å². The fraction of sp³-hybridized carbons (Fsp3) is 0.632. The molecule has 0 aliphatic carbocycles. The van der Waals surface area contributed by atoms with Gasteiger partial charge in [-0.15, -0.1) is 0 Å². The van der Waals surface area contributed by atoms with E-state index >= 15 is 0 Å². The van der Waals surface area contributed by atoms with Crippen LogP contribution in [0.2, 0.25) is 0 Å². The molecule has 0 aromatic carbocycles. The predicted octanol–water partition coefficient (Wildman–Crippen LogP) is 2.68. The molecule has 1 amide bonds. The molecule has 8 nitrogen and oxygen atoms in total. The highest BCUT2D eigenvalue weighted by atomic mass is 16.6. The van der Waals surface area contributed by atoms with Crippen molar-refractivity contribution in [2.45, 2.75) is 58.0 Å². The Balaban J connectivity index is 2.18. The number of hydrogen-bond acceptors (Lipinski definition) is 7. The predicted molar refractivity (Wildman–Crippen MR) is 96.9 cm³/mol. The molecule has 1 unspecified atom stereocenters. The van der Waals surface area contributed by atoms with Crippen molar-refractivity contribution >= 4 is 12.1 Å². The summed E-state index contributed by atoms with van der Waals surface area (Å²) in [6.07, 6.45) is 2.54. The molecule has 2 rings (SSSR count). The summed E-state index contributed by atoms with van der Waals surface area (Å²) < 4.78 is 10.2. The molecule has 1 fully saturated rings. The second kappa shape index (κ2) is 8.33. The molecule has 0 radical (unpaired) electrons. The van der Waals surface area contributed by atoms with Crippen LogP contribution in [-0.2, 0) is 14.3 Å². The number of likely N-dealkylation sites (tertiary alicyclic amines) is 1. The Kier molecular flexibility index (Phi) is 6.37. The number of esters is 1. The van der Waals surface area contributed by atoms with Gasteiger partial charge in [0.05, 0.1) is 18.9 Å². The van der Waals surface area contributed by atoms with Gasteiger partial charge in [-0.05, 0) is 40.5 Å². The summed E-state index contributed by atoms with van der Waals surface area (Å²) in [6, 6.07) is 1.98. The summed E-state index contributed by atoms with van der Waals surface area (Å²) in [5.74, 6) is -1.09. The molecule has 1 aromatic rings. The van der Waals surface area contributed by atoms with Gasteiger partial charge >= 0.3 is 12.1 Å². The second-order valence-electron chi connectivity index (χ2n) is 7.58. The van der Waals surface area contributed by atoms with Crippen molar-refractivity contribution in [1.29, 1.82) is 5.26 Å². The van der Waals surface area contributed by atoms with Crippen molar-refractivity contribution in [1.82, 2.24) is 14.9 Å². The Bertz CT molecular complexity index is 743. The molecule has 27 heavy (non-hydrogen) atoms. The number of piperidine rings is 1. The van der Waals surface area contributed by atoms with E-state index in [2.05, 4.69) is 9.97 Å². The van der Waals surface area contributed by atoms with Gasteiger partial charge in [-0.1, -0.05) is 0 Å². The summed E-state index contributed by atoms with van der Waals surface area (Å²) in [5, 5.41) is 9.42. The number of rotatable bonds is 3. The Morgan fingerprint density at radius 1 is 1.33 bits per heavy atom. The van der Waals surface area contributed by atoms with Crippen LogP contribution in [0.25, 0.3) is 0 Å². The van der Waals surface area contributed by atoms with Crippen LogP contribution in [0.4, 0.5) is 4.79 Å². The van der Waals surface area contributed by atoms with E-state index in [9.17, 15) is 14.9 Å². The van der Waals surface area contributed by atoms with Gasteiger partial charge in [0.1, 0.15) is 11.4 Å².